The Morgan fingerprint density at radius 3 is 2.27 bits per heavy atom. The van der Waals surface area contributed by atoms with Crippen LogP contribution in [0.2, 0.25) is 5.02 Å². The van der Waals surface area contributed by atoms with Crippen LogP contribution in [0.5, 0.6) is 0 Å². The Kier molecular flexibility index (Phi) is 10.3. The normalized spacial score (nSPS) is 12.7. The molecule has 3 aromatic carbocycles. The molecule has 4 N–H and O–H groups in total. The SMILES string of the molecule is CCc1cccc(CNC[C@@H](O)[C@H](Cc2cc(F)cc(F)c2)N(C(=O)CN)C(=O)c2ccc(Cl)cc2)c1. The van der Waals surface area contributed by atoms with Gasteiger partial charge in [0.25, 0.3) is 5.91 Å². The predicted molar refractivity (Wildman–Crippen MR) is 139 cm³/mol. The molecule has 2 amide bonds. The van der Waals surface area contributed by atoms with Crippen molar-refractivity contribution in [2.24, 2.45) is 5.73 Å². The summed E-state index contributed by atoms with van der Waals surface area (Å²) in [5.74, 6) is -3.06. The fraction of sp³-hybridized carbons (Fsp3) is 0.286. The Labute approximate surface area is 220 Å². The number of aliphatic hydroxyl groups excluding tert-OH is 1. The average molecular weight is 530 g/mol. The average Bonchev–Trinajstić information content (AvgIpc) is 2.88. The molecule has 0 saturated carbocycles. The molecule has 0 fully saturated rings. The fourth-order valence-corrected chi connectivity index (χ4v) is 4.23. The largest absolute Gasteiger partial charge is 0.390 e. The topological polar surface area (TPSA) is 95.7 Å². The standard InChI is InChI=1S/C28H30ClF2N3O3/c1-2-18-4-3-5-19(10-18)16-33-17-26(35)25(13-20-11-23(30)14-24(31)12-20)34(27(36)15-32)28(37)21-6-8-22(29)9-7-21/h3-12,14,25-26,33,35H,2,13,15-17,32H2,1H3/t25-,26+/m0/s1. The van der Waals surface area contributed by atoms with Crippen LogP contribution in [0.15, 0.2) is 66.7 Å². The molecule has 0 unspecified atom stereocenters. The Balaban J connectivity index is 1.89. The van der Waals surface area contributed by atoms with Crippen LogP contribution in [0, 0.1) is 11.6 Å². The Morgan fingerprint density at radius 1 is 1.00 bits per heavy atom. The summed E-state index contributed by atoms with van der Waals surface area (Å²) in [4.78, 5) is 27.2. The second-order valence-corrected chi connectivity index (χ2v) is 9.14. The van der Waals surface area contributed by atoms with Gasteiger partial charge < -0.3 is 16.2 Å². The van der Waals surface area contributed by atoms with Crippen molar-refractivity contribution in [3.63, 3.8) is 0 Å². The van der Waals surface area contributed by atoms with E-state index in [2.05, 4.69) is 12.2 Å². The number of hydrogen-bond acceptors (Lipinski definition) is 5. The Hall–Kier alpha value is -3.17. The highest BCUT2D eigenvalue weighted by Crippen LogP contribution is 2.20. The molecule has 3 rings (SSSR count). The van der Waals surface area contributed by atoms with E-state index in [1.54, 1.807) is 0 Å². The maximum atomic E-state index is 13.9. The van der Waals surface area contributed by atoms with E-state index in [4.69, 9.17) is 17.3 Å². The molecule has 37 heavy (non-hydrogen) atoms. The van der Waals surface area contributed by atoms with Gasteiger partial charge in [0.2, 0.25) is 5.91 Å². The smallest absolute Gasteiger partial charge is 0.260 e. The second kappa shape index (κ2) is 13.4. The molecule has 0 bridgehead atoms. The van der Waals surface area contributed by atoms with Gasteiger partial charge in [-0.3, -0.25) is 14.5 Å². The van der Waals surface area contributed by atoms with Crippen molar-refractivity contribution in [3.8, 4) is 0 Å². The number of aliphatic hydroxyl groups is 1. The first-order valence-electron chi connectivity index (χ1n) is 12.0. The van der Waals surface area contributed by atoms with Crippen molar-refractivity contribution in [2.75, 3.05) is 13.1 Å². The van der Waals surface area contributed by atoms with Crippen molar-refractivity contribution < 1.29 is 23.5 Å². The van der Waals surface area contributed by atoms with Gasteiger partial charge in [-0.1, -0.05) is 42.8 Å². The quantitative estimate of drug-likeness (QED) is 0.350. The number of aryl methyl sites for hydroxylation is 1. The summed E-state index contributed by atoms with van der Waals surface area (Å²) in [7, 11) is 0. The van der Waals surface area contributed by atoms with E-state index < -0.39 is 42.1 Å². The van der Waals surface area contributed by atoms with Crippen LogP contribution in [0.3, 0.4) is 0 Å². The highest BCUT2D eigenvalue weighted by molar-refractivity contribution is 6.30. The highest BCUT2D eigenvalue weighted by Gasteiger charge is 2.35. The number of nitrogens with two attached hydrogens (primary N) is 1. The van der Waals surface area contributed by atoms with Crippen LogP contribution < -0.4 is 11.1 Å². The van der Waals surface area contributed by atoms with Crippen LogP contribution >= 0.6 is 11.6 Å². The number of carbonyl (C=O) groups excluding carboxylic acids is 2. The third kappa shape index (κ3) is 7.90. The number of imide groups is 1. The van der Waals surface area contributed by atoms with Crippen LogP contribution in [-0.2, 0) is 24.2 Å². The number of carbonyl (C=O) groups is 2. The summed E-state index contributed by atoms with van der Waals surface area (Å²) in [6.07, 6.45) is -0.577. The monoisotopic (exact) mass is 529 g/mol. The van der Waals surface area contributed by atoms with Crippen molar-refractivity contribution in [1.29, 1.82) is 0 Å². The number of hydrogen-bond donors (Lipinski definition) is 3. The number of halogens is 3. The number of benzene rings is 3. The van der Waals surface area contributed by atoms with E-state index in [0.717, 1.165) is 35.1 Å². The number of rotatable bonds is 11. The first-order valence-corrected chi connectivity index (χ1v) is 12.3. The third-order valence-corrected chi connectivity index (χ3v) is 6.23. The molecule has 0 spiro atoms. The van der Waals surface area contributed by atoms with E-state index in [-0.39, 0.29) is 24.1 Å². The lowest BCUT2D eigenvalue weighted by Gasteiger charge is -2.34. The van der Waals surface area contributed by atoms with Gasteiger partial charge in [-0.25, -0.2) is 8.78 Å². The summed E-state index contributed by atoms with van der Waals surface area (Å²) in [6, 6.07) is 15.6. The van der Waals surface area contributed by atoms with Gasteiger partial charge >= 0.3 is 0 Å². The van der Waals surface area contributed by atoms with Crippen molar-refractivity contribution in [1.82, 2.24) is 10.2 Å². The van der Waals surface area contributed by atoms with Gasteiger partial charge in [0, 0.05) is 29.7 Å². The minimum atomic E-state index is -1.27. The molecule has 2 atom stereocenters. The zero-order valence-electron chi connectivity index (χ0n) is 20.5. The van der Waals surface area contributed by atoms with Crippen LogP contribution in [-0.4, -0.2) is 47.1 Å². The Morgan fingerprint density at radius 2 is 1.65 bits per heavy atom. The molecular formula is C28H30ClF2N3O3. The zero-order valence-corrected chi connectivity index (χ0v) is 21.2. The van der Waals surface area contributed by atoms with Crippen molar-refractivity contribution in [2.45, 2.75) is 38.5 Å². The molecule has 3 aromatic rings. The summed E-state index contributed by atoms with van der Waals surface area (Å²) in [5, 5.41) is 14.7. The lowest BCUT2D eigenvalue weighted by Crippen LogP contribution is -2.55. The minimum Gasteiger partial charge on any atom is -0.390 e. The summed E-state index contributed by atoms with van der Waals surface area (Å²) in [6.45, 7) is 1.98. The van der Waals surface area contributed by atoms with Crippen molar-refractivity contribution in [3.05, 3.63) is 106 Å². The Bertz CT molecular complexity index is 1200. The molecule has 0 aromatic heterocycles. The number of nitrogens with zero attached hydrogens (tertiary/aromatic N) is 1. The highest BCUT2D eigenvalue weighted by atomic mass is 35.5. The van der Waals surface area contributed by atoms with E-state index in [1.807, 2.05) is 24.3 Å². The van der Waals surface area contributed by atoms with Gasteiger partial charge in [-0.2, -0.15) is 0 Å². The molecule has 0 radical (unpaired) electrons. The molecule has 9 heteroatoms. The van der Waals surface area contributed by atoms with Crippen LogP contribution in [0.25, 0.3) is 0 Å². The maximum absolute atomic E-state index is 13.9. The lowest BCUT2D eigenvalue weighted by atomic mass is 9.97. The number of nitrogens with one attached hydrogen (secondary N) is 1. The third-order valence-electron chi connectivity index (χ3n) is 5.98. The molecular weight excluding hydrogens is 500 g/mol. The predicted octanol–water partition coefficient (Wildman–Crippen LogP) is 3.87. The summed E-state index contributed by atoms with van der Waals surface area (Å²) >= 11 is 5.93. The second-order valence-electron chi connectivity index (χ2n) is 8.70. The van der Waals surface area contributed by atoms with Crippen molar-refractivity contribution >= 4 is 23.4 Å². The first kappa shape index (κ1) is 28.4. The molecule has 6 nitrogen and oxygen atoms in total. The first-order chi connectivity index (χ1) is 17.7. The van der Waals surface area contributed by atoms with Gasteiger partial charge in [-0.05, 0) is 65.9 Å². The summed E-state index contributed by atoms with van der Waals surface area (Å²) < 4.78 is 27.8. The minimum absolute atomic E-state index is 0.00106. The van der Waals surface area contributed by atoms with E-state index in [9.17, 15) is 23.5 Å². The number of amides is 2. The van der Waals surface area contributed by atoms with E-state index in [1.165, 1.54) is 29.8 Å². The van der Waals surface area contributed by atoms with Crippen LogP contribution in [0.1, 0.15) is 34.0 Å². The zero-order chi connectivity index (χ0) is 26.9. The van der Waals surface area contributed by atoms with E-state index >= 15 is 0 Å². The molecule has 0 aliphatic heterocycles. The molecule has 0 aliphatic carbocycles. The molecule has 0 saturated heterocycles. The molecule has 0 aliphatic rings. The fourth-order valence-electron chi connectivity index (χ4n) is 4.11. The van der Waals surface area contributed by atoms with Gasteiger partial charge in [0.15, 0.2) is 0 Å². The summed E-state index contributed by atoms with van der Waals surface area (Å²) in [5.41, 5.74) is 8.11. The van der Waals surface area contributed by atoms with E-state index in [0.29, 0.717) is 11.6 Å². The molecule has 0 heterocycles. The van der Waals surface area contributed by atoms with Crippen LogP contribution in [0.4, 0.5) is 8.78 Å². The van der Waals surface area contributed by atoms with Gasteiger partial charge in [0.05, 0.1) is 18.7 Å². The van der Waals surface area contributed by atoms with Gasteiger partial charge in [-0.15, -0.1) is 0 Å². The van der Waals surface area contributed by atoms with Gasteiger partial charge in [0.1, 0.15) is 11.6 Å². The lowest BCUT2D eigenvalue weighted by molar-refractivity contribution is -0.131. The molecule has 196 valence electrons. The maximum Gasteiger partial charge on any atom is 0.260 e.